The van der Waals surface area contributed by atoms with Crippen molar-refractivity contribution in [2.24, 2.45) is 5.84 Å². The third-order valence-corrected chi connectivity index (χ3v) is 5.68. The van der Waals surface area contributed by atoms with Crippen molar-refractivity contribution >= 4 is 23.6 Å². The second-order valence-corrected chi connectivity index (χ2v) is 8.46. The fraction of sp³-hybridized carbons (Fsp3) is 0.407. The van der Waals surface area contributed by atoms with Gasteiger partial charge in [-0.25, -0.2) is 5.84 Å². The van der Waals surface area contributed by atoms with E-state index in [0.29, 0.717) is 24.0 Å². The molecule has 0 atom stereocenters. The molecular formula is C27H36N4O4. The van der Waals surface area contributed by atoms with Gasteiger partial charge in [0.25, 0.3) is 11.8 Å². The predicted octanol–water partition coefficient (Wildman–Crippen LogP) is 4.28. The van der Waals surface area contributed by atoms with Gasteiger partial charge in [-0.2, -0.15) is 5.01 Å². The minimum atomic E-state index is -0.552. The molecule has 2 rings (SSSR count). The summed E-state index contributed by atoms with van der Waals surface area (Å²) in [7, 11) is 0. The summed E-state index contributed by atoms with van der Waals surface area (Å²) >= 11 is 0. The van der Waals surface area contributed by atoms with Crippen LogP contribution in [-0.4, -0.2) is 28.6 Å². The van der Waals surface area contributed by atoms with Gasteiger partial charge in [-0.1, -0.05) is 81.3 Å². The van der Waals surface area contributed by atoms with E-state index in [0.717, 1.165) is 56.4 Å². The number of hydrogen-bond donors (Lipinski definition) is 3. The van der Waals surface area contributed by atoms with Crippen molar-refractivity contribution in [3.8, 4) is 0 Å². The molecule has 35 heavy (non-hydrogen) atoms. The summed E-state index contributed by atoms with van der Waals surface area (Å²) in [4.78, 5) is 49.5. The van der Waals surface area contributed by atoms with Crippen LogP contribution >= 0.6 is 0 Å². The molecule has 188 valence electrons. The van der Waals surface area contributed by atoms with Crippen LogP contribution in [0.25, 0.3) is 0 Å². The van der Waals surface area contributed by atoms with Gasteiger partial charge in [0.15, 0.2) is 0 Å². The van der Waals surface area contributed by atoms with Gasteiger partial charge < -0.3 is 0 Å². The van der Waals surface area contributed by atoms with Gasteiger partial charge in [0.2, 0.25) is 11.8 Å². The van der Waals surface area contributed by atoms with Gasteiger partial charge in [-0.3, -0.25) is 30.0 Å². The molecule has 0 fully saturated rings. The lowest BCUT2D eigenvalue weighted by Gasteiger charge is -2.21. The van der Waals surface area contributed by atoms with E-state index in [-0.39, 0.29) is 12.3 Å². The topological polar surface area (TPSA) is 122 Å². The van der Waals surface area contributed by atoms with Crippen molar-refractivity contribution in [1.82, 2.24) is 15.9 Å². The molecular weight excluding hydrogens is 444 g/mol. The van der Waals surface area contributed by atoms with Crippen molar-refractivity contribution < 1.29 is 19.2 Å². The van der Waals surface area contributed by atoms with E-state index in [4.69, 9.17) is 5.84 Å². The Morgan fingerprint density at radius 3 is 1.60 bits per heavy atom. The number of carbonyl (C=O) groups excluding carboxylic acids is 4. The number of imide groups is 1. The largest absolute Gasteiger partial charge is 0.294 e. The quantitative estimate of drug-likeness (QED) is 0.161. The van der Waals surface area contributed by atoms with Gasteiger partial charge in [0.05, 0.1) is 0 Å². The molecule has 2 aromatic rings. The van der Waals surface area contributed by atoms with Gasteiger partial charge in [-0.15, -0.1) is 0 Å². The average molecular weight is 481 g/mol. The number of amides is 4. The number of benzene rings is 2. The molecule has 0 bridgehead atoms. The SMILES string of the molecule is NNC(=O)CCCCCCCCCCCC(=O)N(NC(=O)c1ccccc1)C(=O)c1ccccc1. The lowest BCUT2D eigenvalue weighted by molar-refractivity contribution is -0.130. The molecule has 0 aliphatic carbocycles. The highest BCUT2D eigenvalue weighted by Crippen LogP contribution is 2.13. The summed E-state index contributed by atoms with van der Waals surface area (Å²) in [5.74, 6) is 3.45. The van der Waals surface area contributed by atoms with E-state index in [2.05, 4.69) is 10.9 Å². The van der Waals surface area contributed by atoms with Crippen molar-refractivity contribution in [3.63, 3.8) is 0 Å². The van der Waals surface area contributed by atoms with Crippen molar-refractivity contribution in [3.05, 3.63) is 71.8 Å². The number of unbranched alkanes of at least 4 members (excludes halogenated alkanes) is 8. The molecule has 0 aliphatic rings. The molecule has 0 aliphatic heterocycles. The third kappa shape index (κ3) is 10.5. The van der Waals surface area contributed by atoms with Crippen LogP contribution in [0.1, 0.15) is 91.3 Å². The zero-order valence-corrected chi connectivity index (χ0v) is 20.2. The molecule has 0 heterocycles. The molecule has 4 N–H and O–H groups in total. The zero-order valence-electron chi connectivity index (χ0n) is 20.2. The highest BCUT2D eigenvalue weighted by atomic mass is 16.2. The lowest BCUT2D eigenvalue weighted by atomic mass is 10.1. The van der Waals surface area contributed by atoms with E-state index in [1.807, 2.05) is 0 Å². The molecule has 4 amide bonds. The predicted molar refractivity (Wildman–Crippen MR) is 135 cm³/mol. The van der Waals surface area contributed by atoms with Crippen LogP contribution in [0.2, 0.25) is 0 Å². The minimum absolute atomic E-state index is 0.122. The Balaban J connectivity index is 1.74. The molecule has 0 unspecified atom stereocenters. The number of rotatable bonds is 14. The minimum Gasteiger partial charge on any atom is -0.294 e. The normalized spacial score (nSPS) is 10.4. The van der Waals surface area contributed by atoms with E-state index >= 15 is 0 Å². The molecule has 0 radical (unpaired) electrons. The van der Waals surface area contributed by atoms with Crippen LogP contribution in [0.4, 0.5) is 0 Å². The molecule has 2 aromatic carbocycles. The molecule has 0 aromatic heterocycles. The van der Waals surface area contributed by atoms with E-state index < -0.39 is 17.7 Å². The van der Waals surface area contributed by atoms with E-state index in [1.165, 1.54) is 0 Å². The first-order valence-corrected chi connectivity index (χ1v) is 12.3. The first-order valence-electron chi connectivity index (χ1n) is 12.3. The number of hydrazine groups is 2. The average Bonchev–Trinajstić information content (AvgIpc) is 2.90. The standard InChI is InChI=1S/C27H36N4O4/c28-29-24(32)20-14-6-4-2-1-3-5-7-15-21-25(33)31(27(35)23-18-12-9-13-19-23)30-26(34)22-16-10-8-11-17-22/h8-13,16-19H,1-7,14-15,20-21,28H2,(H,29,32)(H,30,34). The van der Waals surface area contributed by atoms with Crippen LogP contribution in [0.3, 0.4) is 0 Å². The van der Waals surface area contributed by atoms with Crippen molar-refractivity contribution in [1.29, 1.82) is 0 Å². The maximum absolute atomic E-state index is 13.0. The third-order valence-electron chi connectivity index (χ3n) is 5.68. The van der Waals surface area contributed by atoms with Crippen molar-refractivity contribution in [2.45, 2.75) is 70.6 Å². The number of carbonyl (C=O) groups is 4. The summed E-state index contributed by atoms with van der Waals surface area (Å²) in [6, 6.07) is 16.9. The van der Waals surface area contributed by atoms with Crippen LogP contribution < -0.4 is 16.7 Å². The monoisotopic (exact) mass is 480 g/mol. The number of hydrogen-bond acceptors (Lipinski definition) is 5. The van der Waals surface area contributed by atoms with E-state index in [9.17, 15) is 19.2 Å². The number of nitrogens with zero attached hydrogens (tertiary/aromatic N) is 1. The summed E-state index contributed by atoms with van der Waals surface area (Å²) in [5, 5.41) is 0.843. The Hall–Kier alpha value is -3.52. The fourth-order valence-corrected chi connectivity index (χ4v) is 3.68. The van der Waals surface area contributed by atoms with Crippen LogP contribution in [-0.2, 0) is 9.59 Å². The maximum atomic E-state index is 13.0. The lowest BCUT2D eigenvalue weighted by Crippen LogP contribution is -2.49. The van der Waals surface area contributed by atoms with Crippen molar-refractivity contribution in [2.75, 3.05) is 0 Å². The first kappa shape index (κ1) is 27.7. The zero-order chi connectivity index (χ0) is 25.3. The molecule has 8 nitrogen and oxygen atoms in total. The smallest absolute Gasteiger partial charge is 0.279 e. The van der Waals surface area contributed by atoms with Crippen LogP contribution in [0.15, 0.2) is 60.7 Å². The van der Waals surface area contributed by atoms with Gasteiger partial charge in [-0.05, 0) is 37.1 Å². The second-order valence-electron chi connectivity index (χ2n) is 8.46. The summed E-state index contributed by atoms with van der Waals surface area (Å²) in [6.07, 6.45) is 9.45. The highest BCUT2D eigenvalue weighted by molar-refractivity contribution is 6.07. The number of nitrogens with one attached hydrogen (secondary N) is 2. The fourth-order valence-electron chi connectivity index (χ4n) is 3.68. The molecule has 0 spiro atoms. The molecule has 0 saturated carbocycles. The Kier molecular flexibility index (Phi) is 12.8. The Labute approximate surface area is 207 Å². The van der Waals surface area contributed by atoms with Gasteiger partial charge in [0, 0.05) is 24.0 Å². The molecule has 0 saturated heterocycles. The Bertz CT molecular complexity index is 935. The highest BCUT2D eigenvalue weighted by Gasteiger charge is 2.25. The molecule has 8 heteroatoms. The maximum Gasteiger partial charge on any atom is 0.279 e. The summed E-state index contributed by atoms with van der Waals surface area (Å²) < 4.78 is 0. The van der Waals surface area contributed by atoms with Gasteiger partial charge >= 0.3 is 0 Å². The first-order chi connectivity index (χ1) is 17.0. The summed E-state index contributed by atoms with van der Waals surface area (Å²) in [6.45, 7) is 0. The number of nitrogens with two attached hydrogens (primary N) is 1. The second kappa shape index (κ2) is 16.2. The van der Waals surface area contributed by atoms with E-state index in [1.54, 1.807) is 60.7 Å². The van der Waals surface area contributed by atoms with Crippen LogP contribution in [0, 0.1) is 0 Å². The van der Waals surface area contributed by atoms with Gasteiger partial charge in [0.1, 0.15) is 0 Å². The Morgan fingerprint density at radius 1 is 0.629 bits per heavy atom. The Morgan fingerprint density at radius 2 is 1.09 bits per heavy atom. The summed E-state index contributed by atoms with van der Waals surface area (Å²) in [5.41, 5.74) is 5.33. The van der Waals surface area contributed by atoms with Crippen LogP contribution in [0.5, 0.6) is 0 Å².